The number of phenols is 1. The van der Waals surface area contributed by atoms with Gasteiger partial charge in [0.25, 0.3) is 0 Å². The lowest BCUT2D eigenvalue weighted by Gasteiger charge is -2.11. The first-order valence-electron chi connectivity index (χ1n) is 5.02. The number of hydrogen-bond donors (Lipinski definition) is 2. The molecule has 1 aromatic rings. The molecule has 1 aromatic carbocycles. The van der Waals surface area contributed by atoms with E-state index in [0.717, 1.165) is 24.0 Å². The fourth-order valence-corrected chi connectivity index (χ4v) is 1.68. The smallest absolute Gasteiger partial charge is 0.119 e. The van der Waals surface area contributed by atoms with Crippen LogP contribution >= 0.6 is 0 Å². The van der Waals surface area contributed by atoms with E-state index in [-0.39, 0.29) is 0 Å². The minimum atomic E-state index is -0.529. The van der Waals surface area contributed by atoms with Crippen LogP contribution in [0.4, 0.5) is 0 Å². The van der Waals surface area contributed by atoms with E-state index in [1.807, 2.05) is 19.9 Å². The molecule has 0 radical (unpaired) electrons. The van der Waals surface area contributed by atoms with Gasteiger partial charge < -0.3 is 10.2 Å². The minimum Gasteiger partial charge on any atom is -0.508 e. The van der Waals surface area contributed by atoms with Crippen molar-refractivity contribution < 1.29 is 10.2 Å². The van der Waals surface area contributed by atoms with Crippen molar-refractivity contribution in [2.45, 2.75) is 38.7 Å². The third-order valence-corrected chi connectivity index (χ3v) is 3.04. The molecule has 1 saturated carbocycles. The maximum Gasteiger partial charge on any atom is 0.119 e. The third-order valence-electron chi connectivity index (χ3n) is 3.04. The van der Waals surface area contributed by atoms with Gasteiger partial charge in [0.05, 0.1) is 5.60 Å². The Morgan fingerprint density at radius 1 is 1.21 bits per heavy atom. The molecule has 0 spiro atoms. The zero-order chi connectivity index (χ0) is 10.3. The second-order valence-electron chi connectivity index (χ2n) is 4.47. The highest BCUT2D eigenvalue weighted by atomic mass is 16.3. The van der Waals surface area contributed by atoms with E-state index in [1.54, 1.807) is 6.07 Å². The van der Waals surface area contributed by atoms with Gasteiger partial charge in [-0.05, 0) is 49.4 Å². The van der Waals surface area contributed by atoms with Crippen molar-refractivity contribution in [1.29, 1.82) is 0 Å². The van der Waals surface area contributed by atoms with Crippen LogP contribution in [0.1, 0.15) is 29.5 Å². The van der Waals surface area contributed by atoms with Crippen LogP contribution in [0.2, 0.25) is 0 Å². The van der Waals surface area contributed by atoms with Crippen LogP contribution in [0.5, 0.6) is 5.75 Å². The van der Waals surface area contributed by atoms with Crippen molar-refractivity contribution in [2.75, 3.05) is 0 Å². The summed E-state index contributed by atoms with van der Waals surface area (Å²) in [5.41, 5.74) is 2.60. The van der Waals surface area contributed by atoms with Crippen LogP contribution in [0.25, 0.3) is 0 Å². The molecule has 2 rings (SSSR count). The van der Waals surface area contributed by atoms with Crippen molar-refractivity contribution in [1.82, 2.24) is 0 Å². The first-order chi connectivity index (χ1) is 6.50. The number of aryl methyl sites for hydroxylation is 2. The lowest BCUT2D eigenvalue weighted by molar-refractivity contribution is 0.150. The van der Waals surface area contributed by atoms with Crippen LogP contribution in [-0.4, -0.2) is 15.8 Å². The number of aromatic hydroxyl groups is 1. The Morgan fingerprint density at radius 2 is 1.79 bits per heavy atom. The van der Waals surface area contributed by atoms with Gasteiger partial charge in [-0.15, -0.1) is 0 Å². The summed E-state index contributed by atoms with van der Waals surface area (Å²) in [5, 5.41) is 19.5. The van der Waals surface area contributed by atoms with Gasteiger partial charge in [0.1, 0.15) is 5.75 Å². The number of hydrogen-bond acceptors (Lipinski definition) is 2. The van der Waals surface area contributed by atoms with E-state index in [4.69, 9.17) is 0 Å². The van der Waals surface area contributed by atoms with E-state index in [0.29, 0.717) is 12.2 Å². The molecule has 0 amide bonds. The summed E-state index contributed by atoms with van der Waals surface area (Å²) in [6, 6.07) is 3.75. The molecular formula is C12H16O2. The zero-order valence-electron chi connectivity index (χ0n) is 8.67. The van der Waals surface area contributed by atoms with E-state index in [2.05, 4.69) is 0 Å². The van der Waals surface area contributed by atoms with Gasteiger partial charge in [-0.25, -0.2) is 0 Å². The summed E-state index contributed by atoms with van der Waals surface area (Å²) >= 11 is 0. The van der Waals surface area contributed by atoms with Gasteiger partial charge in [-0.3, -0.25) is 0 Å². The predicted molar refractivity (Wildman–Crippen MR) is 55.5 cm³/mol. The van der Waals surface area contributed by atoms with E-state index < -0.39 is 5.60 Å². The van der Waals surface area contributed by atoms with E-state index in [9.17, 15) is 10.2 Å². The summed E-state index contributed by atoms with van der Waals surface area (Å²) in [6.45, 7) is 4.00. The van der Waals surface area contributed by atoms with Gasteiger partial charge in [-0.1, -0.05) is 6.07 Å². The molecule has 14 heavy (non-hydrogen) atoms. The summed E-state index contributed by atoms with van der Waals surface area (Å²) in [4.78, 5) is 0. The predicted octanol–water partition coefficient (Wildman–Crippen LogP) is 2.08. The Labute approximate surface area is 84.2 Å². The maximum atomic E-state index is 9.76. The SMILES string of the molecule is Cc1cc(O)c(CC2(O)CC2)cc1C. The number of benzene rings is 1. The molecule has 0 saturated heterocycles. The van der Waals surface area contributed by atoms with Gasteiger partial charge in [0.2, 0.25) is 0 Å². The Morgan fingerprint density at radius 3 is 2.36 bits per heavy atom. The molecule has 0 aliphatic heterocycles. The molecule has 2 nitrogen and oxygen atoms in total. The first kappa shape index (κ1) is 9.53. The summed E-state index contributed by atoms with van der Waals surface area (Å²) in [5.74, 6) is 0.313. The van der Waals surface area contributed by atoms with Gasteiger partial charge >= 0.3 is 0 Å². The second kappa shape index (κ2) is 2.99. The Hall–Kier alpha value is -1.02. The van der Waals surface area contributed by atoms with Crippen LogP contribution in [0, 0.1) is 13.8 Å². The third kappa shape index (κ3) is 1.75. The normalized spacial score (nSPS) is 18.2. The highest BCUT2D eigenvalue weighted by Crippen LogP contribution is 2.40. The summed E-state index contributed by atoms with van der Waals surface area (Å²) < 4.78 is 0. The minimum absolute atomic E-state index is 0.313. The first-order valence-corrected chi connectivity index (χ1v) is 5.02. The van der Waals surface area contributed by atoms with Gasteiger partial charge in [-0.2, -0.15) is 0 Å². The number of rotatable bonds is 2. The largest absolute Gasteiger partial charge is 0.508 e. The average Bonchev–Trinajstić information content (AvgIpc) is 2.80. The fourth-order valence-electron chi connectivity index (χ4n) is 1.68. The maximum absolute atomic E-state index is 9.76. The molecule has 2 N–H and O–H groups in total. The monoisotopic (exact) mass is 192 g/mol. The molecule has 0 unspecified atom stereocenters. The highest BCUT2D eigenvalue weighted by molar-refractivity contribution is 5.42. The number of aliphatic hydroxyl groups is 1. The molecule has 0 aromatic heterocycles. The second-order valence-corrected chi connectivity index (χ2v) is 4.47. The van der Waals surface area contributed by atoms with Crippen LogP contribution < -0.4 is 0 Å². The van der Waals surface area contributed by atoms with Crippen molar-refractivity contribution in [3.63, 3.8) is 0 Å². The molecular weight excluding hydrogens is 176 g/mol. The quantitative estimate of drug-likeness (QED) is 0.753. The Kier molecular flexibility index (Phi) is 2.04. The lowest BCUT2D eigenvalue weighted by atomic mass is 10.00. The Bertz CT molecular complexity index is 365. The standard InChI is InChI=1S/C12H16O2/c1-8-5-10(7-12(14)3-4-12)11(13)6-9(8)2/h5-6,13-14H,3-4,7H2,1-2H3. The number of phenolic OH excluding ortho intramolecular Hbond substituents is 1. The van der Waals surface area contributed by atoms with Crippen molar-refractivity contribution in [3.05, 3.63) is 28.8 Å². The zero-order valence-corrected chi connectivity index (χ0v) is 8.67. The molecule has 1 aliphatic carbocycles. The van der Waals surface area contributed by atoms with Crippen LogP contribution in [0.15, 0.2) is 12.1 Å². The van der Waals surface area contributed by atoms with Crippen LogP contribution in [-0.2, 0) is 6.42 Å². The van der Waals surface area contributed by atoms with Crippen molar-refractivity contribution in [3.8, 4) is 5.75 Å². The van der Waals surface area contributed by atoms with Gasteiger partial charge in [0, 0.05) is 6.42 Å². The highest BCUT2D eigenvalue weighted by Gasteiger charge is 2.40. The Balaban J connectivity index is 2.29. The van der Waals surface area contributed by atoms with Crippen molar-refractivity contribution in [2.24, 2.45) is 0 Å². The molecule has 1 aliphatic rings. The molecule has 2 heteroatoms. The van der Waals surface area contributed by atoms with Crippen LogP contribution in [0.3, 0.4) is 0 Å². The van der Waals surface area contributed by atoms with Crippen molar-refractivity contribution >= 4 is 0 Å². The molecule has 0 atom stereocenters. The van der Waals surface area contributed by atoms with Gasteiger partial charge in [0.15, 0.2) is 0 Å². The average molecular weight is 192 g/mol. The van der Waals surface area contributed by atoms with E-state index in [1.165, 1.54) is 5.56 Å². The molecule has 1 fully saturated rings. The molecule has 76 valence electrons. The van der Waals surface area contributed by atoms with E-state index >= 15 is 0 Å². The topological polar surface area (TPSA) is 40.5 Å². The summed E-state index contributed by atoms with van der Waals surface area (Å²) in [6.07, 6.45) is 2.30. The summed E-state index contributed by atoms with van der Waals surface area (Å²) in [7, 11) is 0. The lowest BCUT2D eigenvalue weighted by Crippen LogP contribution is -2.11. The molecule has 0 bridgehead atoms. The molecule has 0 heterocycles. The fraction of sp³-hybridized carbons (Fsp3) is 0.500.